The molecule has 0 unspecified atom stereocenters. The highest BCUT2D eigenvalue weighted by Crippen LogP contribution is 2.42. The molecule has 124 valence electrons. The van der Waals surface area contributed by atoms with Gasteiger partial charge in [0.2, 0.25) is 5.91 Å². The molecule has 0 saturated heterocycles. The molecule has 0 aromatic carbocycles. The van der Waals surface area contributed by atoms with E-state index in [4.69, 9.17) is 0 Å². The van der Waals surface area contributed by atoms with Gasteiger partial charge in [0.25, 0.3) is 0 Å². The highest BCUT2D eigenvalue weighted by molar-refractivity contribution is 7.11. The number of thiazole rings is 1. The fourth-order valence-corrected chi connectivity index (χ4v) is 4.07. The SMILES string of the molecule is Cc1cnc([C@@H](NC(=O)[C@H](C)c2c(C)nn(C)c2C)C2CC2)s1. The standard InChI is InChI=1S/C17H24N4OS/c1-9-8-18-17(23-9)15(13-6-7-13)19-16(22)10(2)14-11(3)20-21(5)12(14)4/h8,10,13,15H,6-7H2,1-5H3,(H,19,22)/t10-,15+/m1/s1. The summed E-state index contributed by atoms with van der Waals surface area (Å²) in [4.78, 5) is 18.5. The lowest BCUT2D eigenvalue weighted by Crippen LogP contribution is -2.33. The number of carbonyl (C=O) groups is 1. The molecule has 3 rings (SSSR count). The number of nitrogens with one attached hydrogen (secondary N) is 1. The first-order valence-corrected chi connectivity index (χ1v) is 8.93. The number of aryl methyl sites for hydroxylation is 3. The zero-order valence-electron chi connectivity index (χ0n) is 14.4. The summed E-state index contributed by atoms with van der Waals surface area (Å²) in [6.45, 7) is 8.00. The second kappa shape index (κ2) is 6.07. The topological polar surface area (TPSA) is 59.8 Å². The molecule has 1 amide bonds. The quantitative estimate of drug-likeness (QED) is 0.915. The molecular weight excluding hydrogens is 308 g/mol. The molecule has 0 spiro atoms. The van der Waals surface area contributed by atoms with Crippen molar-refractivity contribution in [1.29, 1.82) is 0 Å². The van der Waals surface area contributed by atoms with Crippen LogP contribution >= 0.6 is 11.3 Å². The molecule has 23 heavy (non-hydrogen) atoms. The van der Waals surface area contributed by atoms with E-state index in [1.165, 1.54) is 17.7 Å². The molecule has 2 aromatic heterocycles. The van der Waals surface area contributed by atoms with Crippen molar-refractivity contribution < 1.29 is 4.79 Å². The van der Waals surface area contributed by atoms with Crippen molar-refractivity contribution in [2.24, 2.45) is 13.0 Å². The van der Waals surface area contributed by atoms with Crippen LogP contribution in [-0.4, -0.2) is 20.7 Å². The molecule has 1 saturated carbocycles. The minimum Gasteiger partial charge on any atom is -0.346 e. The van der Waals surface area contributed by atoms with Gasteiger partial charge >= 0.3 is 0 Å². The lowest BCUT2D eigenvalue weighted by molar-refractivity contribution is -0.123. The van der Waals surface area contributed by atoms with Crippen LogP contribution in [0.4, 0.5) is 0 Å². The van der Waals surface area contributed by atoms with Gasteiger partial charge in [-0.25, -0.2) is 4.98 Å². The molecule has 6 heteroatoms. The Kier molecular flexibility index (Phi) is 4.27. The highest BCUT2D eigenvalue weighted by Gasteiger charge is 2.36. The highest BCUT2D eigenvalue weighted by atomic mass is 32.1. The number of hydrogen-bond donors (Lipinski definition) is 1. The summed E-state index contributed by atoms with van der Waals surface area (Å²) in [7, 11) is 1.92. The van der Waals surface area contributed by atoms with Crippen LogP contribution in [0.5, 0.6) is 0 Å². The predicted molar refractivity (Wildman–Crippen MR) is 91.6 cm³/mol. The van der Waals surface area contributed by atoms with E-state index in [1.54, 1.807) is 11.3 Å². The van der Waals surface area contributed by atoms with Gasteiger partial charge < -0.3 is 5.32 Å². The van der Waals surface area contributed by atoms with E-state index in [2.05, 4.69) is 22.3 Å². The summed E-state index contributed by atoms with van der Waals surface area (Å²) in [5.74, 6) is 0.396. The molecule has 0 radical (unpaired) electrons. The average Bonchev–Trinajstić information content (AvgIpc) is 3.19. The predicted octanol–water partition coefficient (Wildman–Crippen LogP) is 3.17. The van der Waals surface area contributed by atoms with Crippen molar-refractivity contribution in [2.45, 2.75) is 52.5 Å². The van der Waals surface area contributed by atoms with Gasteiger partial charge in [-0.1, -0.05) is 0 Å². The molecule has 1 fully saturated rings. The van der Waals surface area contributed by atoms with Gasteiger partial charge in [-0.2, -0.15) is 5.10 Å². The van der Waals surface area contributed by atoms with Crippen LogP contribution in [0, 0.1) is 26.7 Å². The lowest BCUT2D eigenvalue weighted by Gasteiger charge is -2.19. The van der Waals surface area contributed by atoms with Gasteiger partial charge in [0, 0.05) is 29.4 Å². The van der Waals surface area contributed by atoms with E-state index in [1.807, 2.05) is 38.7 Å². The minimum atomic E-state index is -0.203. The van der Waals surface area contributed by atoms with Crippen LogP contribution in [0.3, 0.4) is 0 Å². The maximum Gasteiger partial charge on any atom is 0.227 e. The molecule has 0 bridgehead atoms. The Balaban J connectivity index is 1.79. The summed E-state index contributed by atoms with van der Waals surface area (Å²) in [6.07, 6.45) is 4.23. The van der Waals surface area contributed by atoms with E-state index in [-0.39, 0.29) is 17.9 Å². The molecule has 2 atom stereocenters. The number of rotatable bonds is 5. The molecule has 0 aliphatic heterocycles. The van der Waals surface area contributed by atoms with Crippen molar-refractivity contribution >= 4 is 17.2 Å². The maximum absolute atomic E-state index is 12.8. The first kappa shape index (κ1) is 16.2. The van der Waals surface area contributed by atoms with E-state index < -0.39 is 0 Å². The fraction of sp³-hybridized carbons (Fsp3) is 0.588. The largest absolute Gasteiger partial charge is 0.346 e. The number of carbonyl (C=O) groups excluding carboxylic acids is 1. The van der Waals surface area contributed by atoms with Crippen LogP contribution in [-0.2, 0) is 11.8 Å². The van der Waals surface area contributed by atoms with Gasteiger partial charge in [-0.3, -0.25) is 9.48 Å². The van der Waals surface area contributed by atoms with Crippen LogP contribution in [0.15, 0.2) is 6.20 Å². The van der Waals surface area contributed by atoms with Gasteiger partial charge in [0.15, 0.2) is 0 Å². The van der Waals surface area contributed by atoms with Crippen molar-refractivity contribution in [1.82, 2.24) is 20.1 Å². The van der Waals surface area contributed by atoms with E-state index in [0.717, 1.165) is 22.0 Å². The third-order valence-corrected chi connectivity index (χ3v) is 5.68. The van der Waals surface area contributed by atoms with Crippen molar-refractivity contribution in [3.8, 4) is 0 Å². The van der Waals surface area contributed by atoms with E-state index in [0.29, 0.717) is 5.92 Å². The second-order valence-electron chi connectivity index (χ2n) is 6.56. The number of nitrogens with zero attached hydrogens (tertiary/aromatic N) is 3. The Labute approximate surface area is 141 Å². The number of hydrogen-bond acceptors (Lipinski definition) is 4. The summed E-state index contributed by atoms with van der Waals surface area (Å²) in [5.41, 5.74) is 3.02. The Bertz CT molecular complexity index is 729. The number of amides is 1. The molecule has 1 aliphatic rings. The summed E-state index contributed by atoms with van der Waals surface area (Å²) in [6, 6.07) is 0.0564. The van der Waals surface area contributed by atoms with Crippen molar-refractivity contribution in [3.05, 3.63) is 33.0 Å². The molecule has 2 aromatic rings. The maximum atomic E-state index is 12.8. The van der Waals surface area contributed by atoms with Gasteiger partial charge in [0.1, 0.15) is 5.01 Å². The van der Waals surface area contributed by atoms with E-state index >= 15 is 0 Å². The first-order valence-electron chi connectivity index (χ1n) is 8.11. The third kappa shape index (κ3) is 3.17. The zero-order chi connectivity index (χ0) is 16.7. The Morgan fingerprint density at radius 1 is 1.39 bits per heavy atom. The lowest BCUT2D eigenvalue weighted by atomic mass is 9.97. The minimum absolute atomic E-state index is 0.0564. The molecule has 1 aliphatic carbocycles. The molecule has 2 heterocycles. The number of aromatic nitrogens is 3. The zero-order valence-corrected chi connectivity index (χ0v) is 15.2. The molecular formula is C17H24N4OS. The Morgan fingerprint density at radius 2 is 2.09 bits per heavy atom. The Morgan fingerprint density at radius 3 is 2.57 bits per heavy atom. The monoisotopic (exact) mass is 332 g/mol. The van der Waals surface area contributed by atoms with Crippen LogP contribution in [0.2, 0.25) is 0 Å². The van der Waals surface area contributed by atoms with Crippen LogP contribution in [0.25, 0.3) is 0 Å². The van der Waals surface area contributed by atoms with Crippen molar-refractivity contribution in [3.63, 3.8) is 0 Å². The normalized spacial score (nSPS) is 17.1. The summed E-state index contributed by atoms with van der Waals surface area (Å²) >= 11 is 1.68. The summed E-state index contributed by atoms with van der Waals surface area (Å²) in [5, 5.41) is 8.70. The molecule has 5 nitrogen and oxygen atoms in total. The van der Waals surface area contributed by atoms with E-state index in [9.17, 15) is 4.79 Å². The summed E-state index contributed by atoms with van der Waals surface area (Å²) < 4.78 is 1.84. The average molecular weight is 332 g/mol. The van der Waals surface area contributed by atoms with Crippen LogP contribution in [0.1, 0.15) is 58.6 Å². The molecule has 1 N–H and O–H groups in total. The van der Waals surface area contributed by atoms with Gasteiger partial charge in [-0.05, 0) is 46.5 Å². The second-order valence-corrected chi connectivity index (χ2v) is 7.83. The van der Waals surface area contributed by atoms with Crippen LogP contribution < -0.4 is 5.32 Å². The van der Waals surface area contributed by atoms with Gasteiger partial charge in [-0.15, -0.1) is 11.3 Å². The third-order valence-electron chi connectivity index (χ3n) is 4.69. The fourth-order valence-electron chi connectivity index (χ4n) is 3.15. The first-order chi connectivity index (χ1) is 10.9. The van der Waals surface area contributed by atoms with Crippen molar-refractivity contribution in [2.75, 3.05) is 0 Å². The smallest absolute Gasteiger partial charge is 0.227 e. The Hall–Kier alpha value is -1.69. The van der Waals surface area contributed by atoms with Gasteiger partial charge in [0.05, 0.1) is 17.7 Å².